The maximum atomic E-state index is 13.5. The fraction of sp³-hybridized carbons (Fsp3) is 0.188. The highest BCUT2D eigenvalue weighted by atomic mass is 35.5. The maximum Gasteiger partial charge on any atom is 0.260 e. The monoisotopic (exact) mass is 307 g/mol. The van der Waals surface area contributed by atoms with Crippen LogP contribution < -0.4 is 4.74 Å². The predicted octanol–water partition coefficient (Wildman–Crippen LogP) is 3.52. The van der Waals surface area contributed by atoms with Gasteiger partial charge in [0.15, 0.2) is 6.61 Å². The summed E-state index contributed by atoms with van der Waals surface area (Å²) in [5.74, 6) is 0.0102. The summed E-state index contributed by atoms with van der Waals surface area (Å²) in [6, 6.07) is 13.1. The second-order valence-corrected chi connectivity index (χ2v) is 5.02. The van der Waals surface area contributed by atoms with E-state index >= 15 is 0 Å². The molecular formula is C16H15ClFNO2. The Morgan fingerprint density at radius 3 is 2.52 bits per heavy atom. The Morgan fingerprint density at radius 1 is 1.19 bits per heavy atom. The third-order valence-electron chi connectivity index (χ3n) is 2.97. The molecule has 0 aromatic heterocycles. The molecule has 0 spiro atoms. The second kappa shape index (κ2) is 7.09. The van der Waals surface area contributed by atoms with Crippen molar-refractivity contribution in [3.8, 4) is 5.75 Å². The zero-order chi connectivity index (χ0) is 15.2. The van der Waals surface area contributed by atoms with Gasteiger partial charge in [-0.3, -0.25) is 4.79 Å². The number of ether oxygens (including phenoxy) is 1. The van der Waals surface area contributed by atoms with E-state index in [0.717, 1.165) is 0 Å². The normalized spacial score (nSPS) is 10.2. The van der Waals surface area contributed by atoms with Crippen molar-refractivity contribution in [2.45, 2.75) is 6.54 Å². The molecule has 5 heteroatoms. The number of hydrogen-bond donors (Lipinski definition) is 0. The van der Waals surface area contributed by atoms with Crippen LogP contribution in [0.25, 0.3) is 0 Å². The van der Waals surface area contributed by atoms with E-state index in [9.17, 15) is 9.18 Å². The van der Waals surface area contributed by atoms with Crippen LogP contribution in [0.4, 0.5) is 4.39 Å². The SMILES string of the molecule is CN(Cc1ccccc1F)C(=O)COc1ccc(Cl)cc1. The molecule has 0 N–H and O–H groups in total. The van der Waals surface area contributed by atoms with Gasteiger partial charge in [-0.05, 0) is 30.3 Å². The molecule has 0 aliphatic heterocycles. The lowest BCUT2D eigenvalue weighted by Crippen LogP contribution is -2.31. The molecule has 0 bridgehead atoms. The van der Waals surface area contributed by atoms with E-state index in [1.807, 2.05) is 0 Å². The van der Waals surface area contributed by atoms with Crippen LogP contribution in [0.3, 0.4) is 0 Å². The van der Waals surface area contributed by atoms with Gasteiger partial charge >= 0.3 is 0 Å². The molecule has 0 aliphatic rings. The van der Waals surface area contributed by atoms with Crippen molar-refractivity contribution in [2.24, 2.45) is 0 Å². The average molecular weight is 308 g/mol. The number of carbonyl (C=O) groups is 1. The number of hydrogen-bond acceptors (Lipinski definition) is 2. The van der Waals surface area contributed by atoms with Gasteiger partial charge < -0.3 is 9.64 Å². The number of benzene rings is 2. The zero-order valence-electron chi connectivity index (χ0n) is 11.6. The Balaban J connectivity index is 1.88. The molecule has 0 radical (unpaired) electrons. The lowest BCUT2D eigenvalue weighted by Gasteiger charge is -2.18. The molecule has 110 valence electrons. The summed E-state index contributed by atoms with van der Waals surface area (Å²) in [5.41, 5.74) is 0.472. The Morgan fingerprint density at radius 2 is 1.86 bits per heavy atom. The van der Waals surface area contributed by atoms with E-state index in [1.165, 1.54) is 11.0 Å². The van der Waals surface area contributed by atoms with Gasteiger partial charge in [0.2, 0.25) is 0 Å². The van der Waals surface area contributed by atoms with Gasteiger partial charge in [-0.1, -0.05) is 29.8 Å². The summed E-state index contributed by atoms with van der Waals surface area (Å²) in [6.45, 7) is 0.0993. The van der Waals surface area contributed by atoms with Crippen molar-refractivity contribution in [3.05, 3.63) is 64.9 Å². The fourth-order valence-electron chi connectivity index (χ4n) is 1.76. The molecule has 0 aliphatic carbocycles. The van der Waals surface area contributed by atoms with Gasteiger partial charge in [0.25, 0.3) is 5.91 Å². The second-order valence-electron chi connectivity index (χ2n) is 4.58. The van der Waals surface area contributed by atoms with Crippen LogP contribution in [-0.4, -0.2) is 24.5 Å². The average Bonchev–Trinajstić information content (AvgIpc) is 2.48. The third kappa shape index (κ3) is 4.46. The molecule has 0 fully saturated rings. The molecule has 0 atom stereocenters. The number of amides is 1. The van der Waals surface area contributed by atoms with E-state index in [4.69, 9.17) is 16.3 Å². The minimum absolute atomic E-state index is 0.105. The number of halogens is 2. The molecule has 2 aromatic rings. The molecule has 1 amide bonds. The lowest BCUT2D eigenvalue weighted by molar-refractivity contribution is -0.132. The Hall–Kier alpha value is -2.07. The van der Waals surface area contributed by atoms with Crippen LogP contribution in [0, 0.1) is 5.82 Å². The molecule has 2 rings (SSSR count). The number of rotatable bonds is 5. The third-order valence-corrected chi connectivity index (χ3v) is 3.22. The summed E-state index contributed by atoms with van der Waals surface area (Å²) in [6.07, 6.45) is 0. The van der Waals surface area contributed by atoms with Crippen LogP contribution in [0.1, 0.15) is 5.56 Å². The fourth-order valence-corrected chi connectivity index (χ4v) is 1.88. The topological polar surface area (TPSA) is 29.5 Å². The molecule has 2 aromatic carbocycles. The smallest absolute Gasteiger partial charge is 0.260 e. The van der Waals surface area contributed by atoms with Crippen LogP contribution in [0.2, 0.25) is 5.02 Å². The summed E-state index contributed by atoms with van der Waals surface area (Å²) < 4.78 is 18.9. The van der Waals surface area contributed by atoms with E-state index < -0.39 is 0 Å². The Bertz CT molecular complexity index is 616. The lowest BCUT2D eigenvalue weighted by atomic mass is 10.2. The van der Waals surface area contributed by atoms with Crippen LogP contribution >= 0.6 is 11.6 Å². The van der Waals surface area contributed by atoms with Crippen molar-refractivity contribution < 1.29 is 13.9 Å². The summed E-state index contributed by atoms with van der Waals surface area (Å²) in [7, 11) is 1.61. The Labute approximate surface area is 127 Å². The quantitative estimate of drug-likeness (QED) is 0.846. The molecular weight excluding hydrogens is 293 g/mol. The van der Waals surface area contributed by atoms with Gasteiger partial charge in [0, 0.05) is 24.2 Å². The van der Waals surface area contributed by atoms with Crippen LogP contribution in [0.15, 0.2) is 48.5 Å². The molecule has 3 nitrogen and oxygen atoms in total. The van der Waals surface area contributed by atoms with Gasteiger partial charge in [-0.15, -0.1) is 0 Å². The molecule has 0 unspecified atom stereocenters. The number of nitrogens with zero attached hydrogens (tertiary/aromatic N) is 1. The van der Waals surface area contributed by atoms with E-state index in [0.29, 0.717) is 16.3 Å². The number of likely N-dealkylation sites (N-methyl/N-ethyl adjacent to an activating group) is 1. The van der Waals surface area contributed by atoms with Crippen molar-refractivity contribution in [3.63, 3.8) is 0 Å². The number of carbonyl (C=O) groups excluding carboxylic acids is 1. The largest absolute Gasteiger partial charge is 0.484 e. The van der Waals surface area contributed by atoms with Gasteiger partial charge in [0.1, 0.15) is 11.6 Å². The van der Waals surface area contributed by atoms with Gasteiger partial charge in [-0.25, -0.2) is 4.39 Å². The minimum atomic E-state index is -0.323. The van der Waals surface area contributed by atoms with Crippen LogP contribution in [0.5, 0.6) is 5.75 Å². The maximum absolute atomic E-state index is 13.5. The van der Waals surface area contributed by atoms with Crippen molar-refractivity contribution >= 4 is 17.5 Å². The summed E-state index contributed by atoms with van der Waals surface area (Å²) >= 11 is 5.76. The van der Waals surface area contributed by atoms with E-state index in [-0.39, 0.29) is 24.9 Å². The Kier molecular flexibility index (Phi) is 5.17. The van der Waals surface area contributed by atoms with E-state index in [1.54, 1.807) is 49.5 Å². The van der Waals surface area contributed by atoms with Gasteiger partial charge in [-0.2, -0.15) is 0 Å². The first-order valence-electron chi connectivity index (χ1n) is 6.42. The highest BCUT2D eigenvalue weighted by Gasteiger charge is 2.12. The molecule has 21 heavy (non-hydrogen) atoms. The first kappa shape index (κ1) is 15.3. The molecule has 0 saturated heterocycles. The molecule has 0 saturated carbocycles. The highest BCUT2D eigenvalue weighted by molar-refractivity contribution is 6.30. The first-order valence-corrected chi connectivity index (χ1v) is 6.80. The van der Waals surface area contributed by atoms with Crippen LogP contribution in [-0.2, 0) is 11.3 Å². The minimum Gasteiger partial charge on any atom is -0.484 e. The highest BCUT2D eigenvalue weighted by Crippen LogP contribution is 2.15. The summed E-state index contributed by atoms with van der Waals surface area (Å²) in [4.78, 5) is 13.4. The van der Waals surface area contributed by atoms with Crippen molar-refractivity contribution in [1.29, 1.82) is 0 Å². The standard InChI is InChI=1S/C16H15ClFNO2/c1-19(10-12-4-2-3-5-15(12)18)16(20)11-21-14-8-6-13(17)7-9-14/h2-9H,10-11H2,1H3. The zero-order valence-corrected chi connectivity index (χ0v) is 12.3. The molecule has 0 heterocycles. The van der Waals surface area contributed by atoms with Crippen molar-refractivity contribution in [2.75, 3.05) is 13.7 Å². The van der Waals surface area contributed by atoms with E-state index in [2.05, 4.69) is 0 Å². The van der Waals surface area contributed by atoms with Gasteiger partial charge in [0.05, 0.1) is 0 Å². The van der Waals surface area contributed by atoms with Crippen molar-refractivity contribution in [1.82, 2.24) is 4.90 Å². The predicted molar refractivity (Wildman–Crippen MR) is 79.8 cm³/mol. The first-order chi connectivity index (χ1) is 10.1. The summed E-state index contributed by atoms with van der Waals surface area (Å²) in [5, 5.41) is 0.602.